The minimum atomic E-state index is -4.19. The van der Waals surface area contributed by atoms with Crippen LogP contribution in [0.3, 0.4) is 0 Å². The van der Waals surface area contributed by atoms with Crippen LogP contribution in [-0.2, 0) is 10.1 Å². The van der Waals surface area contributed by atoms with Gasteiger partial charge in [0.15, 0.2) is 0 Å². The molecule has 0 spiro atoms. The molecule has 1 N–H and O–H groups in total. The lowest BCUT2D eigenvalue weighted by molar-refractivity contribution is 0.482. The summed E-state index contributed by atoms with van der Waals surface area (Å²) in [6, 6.07) is 4.13. The second-order valence-electron chi connectivity index (χ2n) is 2.05. The maximum atomic E-state index is 10.7. The van der Waals surface area contributed by atoms with Crippen molar-refractivity contribution in [1.82, 2.24) is 0 Å². The predicted octanol–water partition coefficient (Wildman–Crippen LogP) is 2.35. The summed E-state index contributed by atoms with van der Waals surface area (Å²) in [7, 11) is -4.19. The van der Waals surface area contributed by atoms with Gasteiger partial charge in [-0.25, -0.2) is 0 Å². The van der Waals surface area contributed by atoms with Gasteiger partial charge in [-0.2, -0.15) is 8.42 Å². The van der Waals surface area contributed by atoms with E-state index < -0.39 is 10.1 Å². The summed E-state index contributed by atoms with van der Waals surface area (Å²) in [6.45, 7) is 0. The minimum Gasteiger partial charge on any atom is -0.282 e. The Balaban J connectivity index is 3.43. The molecule has 0 saturated carbocycles. The molecule has 1 aromatic rings. The van der Waals surface area contributed by atoms with E-state index in [2.05, 4.69) is 15.9 Å². The first-order chi connectivity index (χ1) is 5.41. The molecule has 6 heteroatoms. The monoisotopic (exact) mass is 270 g/mol. The number of benzene rings is 1. The molecule has 0 aliphatic rings. The van der Waals surface area contributed by atoms with E-state index in [9.17, 15) is 8.42 Å². The molecule has 0 saturated heterocycles. The minimum absolute atomic E-state index is 0.227. The lowest BCUT2D eigenvalue weighted by atomic mass is 10.4. The van der Waals surface area contributed by atoms with Crippen LogP contribution in [0, 0.1) is 0 Å². The van der Waals surface area contributed by atoms with Gasteiger partial charge in [0, 0.05) is 9.50 Å². The zero-order valence-corrected chi connectivity index (χ0v) is 8.82. The molecule has 0 fully saturated rings. The van der Waals surface area contributed by atoms with Crippen molar-refractivity contribution in [2.24, 2.45) is 0 Å². The van der Waals surface area contributed by atoms with Crippen molar-refractivity contribution in [3.05, 3.63) is 27.7 Å². The van der Waals surface area contributed by atoms with Crippen LogP contribution in [0.2, 0.25) is 5.02 Å². The van der Waals surface area contributed by atoms with Gasteiger partial charge in [0.05, 0.1) is 0 Å². The molecule has 66 valence electrons. The average Bonchev–Trinajstić information content (AvgIpc) is 1.92. The molecule has 0 aromatic heterocycles. The third kappa shape index (κ3) is 2.20. The van der Waals surface area contributed by atoms with Crippen LogP contribution >= 0.6 is 27.5 Å². The van der Waals surface area contributed by atoms with E-state index in [1.54, 1.807) is 0 Å². The zero-order chi connectivity index (χ0) is 9.35. The van der Waals surface area contributed by atoms with E-state index in [1.807, 2.05) is 0 Å². The summed E-state index contributed by atoms with van der Waals surface area (Å²) in [4.78, 5) is -0.227. The van der Waals surface area contributed by atoms with Crippen LogP contribution in [0.5, 0.6) is 0 Å². The topological polar surface area (TPSA) is 54.4 Å². The highest BCUT2D eigenvalue weighted by atomic mass is 79.9. The van der Waals surface area contributed by atoms with E-state index in [4.69, 9.17) is 16.2 Å². The lowest BCUT2D eigenvalue weighted by Crippen LogP contribution is -1.98. The van der Waals surface area contributed by atoms with Crippen LogP contribution in [0.25, 0.3) is 0 Å². The summed E-state index contributed by atoms with van der Waals surface area (Å²) >= 11 is 8.49. The van der Waals surface area contributed by atoms with E-state index >= 15 is 0 Å². The Labute approximate surface area is 83.2 Å². The van der Waals surface area contributed by atoms with Gasteiger partial charge in [-0.15, -0.1) is 0 Å². The van der Waals surface area contributed by atoms with E-state index in [0.29, 0.717) is 0 Å². The second kappa shape index (κ2) is 3.33. The van der Waals surface area contributed by atoms with Crippen LogP contribution in [0.15, 0.2) is 27.6 Å². The lowest BCUT2D eigenvalue weighted by Gasteiger charge is -1.99. The Hall–Kier alpha value is -0.100. The second-order valence-corrected chi connectivity index (χ2v) is 4.73. The fourth-order valence-corrected chi connectivity index (χ4v) is 2.36. The molecule has 0 amide bonds. The first kappa shape index (κ1) is 9.98. The summed E-state index contributed by atoms with van der Waals surface area (Å²) in [5, 5.41) is 0.255. The van der Waals surface area contributed by atoms with Crippen LogP contribution in [0.4, 0.5) is 0 Å². The molecule has 0 unspecified atom stereocenters. The molecule has 0 aliphatic heterocycles. The van der Waals surface area contributed by atoms with Crippen molar-refractivity contribution in [2.75, 3.05) is 0 Å². The molecule has 1 aromatic carbocycles. The van der Waals surface area contributed by atoms with Crippen molar-refractivity contribution < 1.29 is 13.0 Å². The largest absolute Gasteiger partial charge is 0.295 e. The maximum Gasteiger partial charge on any atom is 0.295 e. The molecule has 0 radical (unpaired) electrons. The maximum absolute atomic E-state index is 10.7. The Morgan fingerprint density at radius 1 is 1.42 bits per heavy atom. The Kier molecular flexibility index (Phi) is 2.77. The number of halogens is 2. The van der Waals surface area contributed by atoms with Crippen molar-refractivity contribution in [3.63, 3.8) is 0 Å². The van der Waals surface area contributed by atoms with Crippen LogP contribution < -0.4 is 0 Å². The predicted molar refractivity (Wildman–Crippen MR) is 49.0 cm³/mol. The van der Waals surface area contributed by atoms with Crippen molar-refractivity contribution in [3.8, 4) is 0 Å². The van der Waals surface area contributed by atoms with Gasteiger partial charge in [-0.1, -0.05) is 11.6 Å². The Morgan fingerprint density at radius 2 is 2.00 bits per heavy atom. The van der Waals surface area contributed by atoms with Gasteiger partial charge < -0.3 is 0 Å². The first-order valence-corrected chi connectivity index (χ1v) is 5.45. The molecule has 0 heterocycles. The number of hydrogen-bond acceptors (Lipinski definition) is 2. The van der Waals surface area contributed by atoms with Gasteiger partial charge in [0.25, 0.3) is 10.1 Å². The van der Waals surface area contributed by atoms with Crippen molar-refractivity contribution >= 4 is 37.6 Å². The Morgan fingerprint density at radius 3 is 2.42 bits per heavy atom. The highest BCUT2D eigenvalue weighted by Crippen LogP contribution is 2.24. The van der Waals surface area contributed by atoms with Gasteiger partial charge in [-0.3, -0.25) is 4.55 Å². The van der Waals surface area contributed by atoms with Gasteiger partial charge in [-0.05, 0) is 34.1 Å². The molecule has 3 nitrogen and oxygen atoms in total. The van der Waals surface area contributed by atoms with Gasteiger partial charge >= 0.3 is 0 Å². The number of hydrogen-bond donors (Lipinski definition) is 1. The smallest absolute Gasteiger partial charge is 0.282 e. The van der Waals surface area contributed by atoms with Crippen molar-refractivity contribution in [2.45, 2.75) is 4.90 Å². The third-order valence-electron chi connectivity index (χ3n) is 1.17. The molecule has 1 rings (SSSR count). The van der Waals surface area contributed by atoms with E-state index in [0.717, 1.165) is 0 Å². The fourth-order valence-electron chi connectivity index (χ4n) is 0.675. The zero-order valence-electron chi connectivity index (χ0n) is 5.66. The molecule has 0 atom stereocenters. The third-order valence-corrected chi connectivity index (χ3v) is 3.25. The van der Waals surface area contributed by atoms with E-state index in [1.165, 1.54) is 18.2 Å². The summed E-state index contributed by atoms with van der Waals surface area (Å²) in [5.74, 6) is 0. The van der Waals surface area contributed by atoms with E-state index in [-0.39, 0.29) is 14.4 Å². The standard InChI is InChI=1S/C6H4BrClO3S/c7-5-2-1-4(8)3-6(5)12(9,10)11/h1-3H,(H,9,10,11). The normalized spacial score (nSPS) is 11.6. The molecule has 12 heavy (non-hydrogen) atoms. The first-order valence-electron chi connectivity index (χ1n) is 2.84. The summed E-state index contributed by atoms with van der Waals surface area (Å²) in [5.41, 5.74) is 0. The SMILES string of the molecule is O=S(=O)(O)c1cc(Cl)ccc1Br. The van der Waals surface area contributed by atoms with Crippen molar-refractivity contribution in [1.29, 1.82) is 0 Å². The fraction of sp³-hybridized carbons (Fsp3) is 0. The summed E-state index contributed by atoms with van der Waals surface area (Å²) in [6.07, 6.45) is 0. The van der Waals surface area contributed by atoms with Gasteiger partial charge in [0.1, 0.15) is 4.90 Å². The molecule has 0 aliphatic carbocycles. The highest BCUT2D eigenvalue weighted by Gasteiger charge is 2.13. The quantitative estimate of drug-likeness (QED) is 0.798. The molecular formula is C6H4BrClO3S. The summed E-state index contributed by atoms with van der Waals surface area (Å²) < 4.78 is 30.3. The molecule has 0 bridgehead atoms. The highest BCUT2D eigenvalue weighted by molar-refractivity contribution is 9.10. The molecular weight excluding hydrogens is 267 g/mol. The van der Waals surface area contributed by atoms with Gasteiger partial charge in [0.2, 0.25) is 0 Å². The van der Waals surface area contributed by atoms with Crippen LogP contribution in [0.1, 0.15) is 0 Å². The average molecular weight is 272 g/mol. The number of rotatable bonds is 1. The Bertz CT molecular complexity index is 401. The van der Waals surface area contributed by atoms with Crippen LogP contribution in [-0.4, -0.2) is 13.0 Å².